The summed E-state index contributed by atoms with van der Waals surface area (Å²) in [6, 6.07) is 24.7. The second-order valence-electron chi connectivity index (χ2n) is 23.5. The molecule has 0 aromatic heterocycles. The molecule has 0 nitrogen and oxygen atoms in total. The molecule has 0 saturated heterocycles. The number of aryl methyl sites for hydroxylation is 9. The van der Waals surface area contributed by atoms with E-state index < -0.39 is 23.3 Å². The van der Waals surface area contributed by atoms with Crippen molar-refractivity contribution in [2.45, 2.75) is 217 Å². The highest BCUT2D eigenvalue weighted by molar-refractivity contribution is 5.26. The molecule has 80 heavy (non-hydrogen) atoms. The van der Waals surface area contributed by atoms with Gasteiger partial charge in [-0.15, -0.1) is 0 Å². The zero-order valence-corrected chi connectivity index (χ0v) is 51.6. The number of hydrogen-bond donors (Lipinski definition) is 0. The standard InChI is InChI=1S/2C8H8F2.2C8H9F.C8H16.3C8H14.C8H10.2CH4.H2/c1-5-3-7(9)6(2)8(10)4-5;1-5-3-4-6(2)8(10)7(5)9;2*1-6-3-4-7(2)8(9)5-6;5*1-7-3-5-8(2)6-4-7;;;/h2*3-4H,1-2H3;2*3-5H,1-2H3;7-8H,3-6H2,1-2H3;2*3,8H,4-6H2,1-2H3;3,5,7-8H,4,6H2,1-2H3;3-6H,1-2H3;2*1H4;1H. The van der Waals surface area contributed by atoms with Crippen molar-refractivity contribution in [1.29, 1.82) is 0 Å². The molecular weight excluding hydrogens is 1000 g/mol. The predicted octanol–water partition coefficient (Wildman–Crippen LogP) is 24.8. The molecule has 0 N–H and O–H groups in total. The molecule has 4 atom stereocenters. The predicted molar refractivity (Wildman–Crippen MR) is 342 cm³/mol. The molecule has 0 radical (unpaired) electrons. The average Bonchev–Trinajstić information content (AvgIpc) is 3.40. The molecule has 6 heteroatoms. The van der Waals surface area contributed by atoms with Crippen LogP contribution in [0.5, 0.6) is 0 Å². The Morgan fingerprint density at radius 1 is 0.325 bits per heavy atom. The molecule has 0 aliphatic heterocycles. The second kappa shape index (κ2) is 41.8. The molecule has 5 aromatic rings. The summed E-state index contributed by atoms with van der Waals surface area (Å²) in [7, 11) is 0. The van der Waals surface area contributed by atoms with Crippen molar-refractivity contribution in [2.24, 2.45) is 35.5 Å². The van der Waals surface area contributed by atoms with Gasteiger partial charge in [0.05, 0.1) is 0 Å². The lowest BCUT2D eigenvalue weighted by Crippen LogP contribution is -2.08. The summed E-state index contributed by atoms with van der Waals surface area (Å²) in [6.07, 6.45) is 26.2. The maximum Gasteiger partial charge on any atom is 0.161 e. The van der Waals surface area contributed by atoms with Gasteiger partial charge in [0, 0.05) is 6.99 Å². The lowest BCUT2D eigenvalue weighted by molar-refractivity contribution is 0.308. The van der Waals surface area contributed by atoms with Crippen LogP contribution in [0, 0.1) is 140 Å². The SMILES string of the molecule is C.C.CC1=CCC(C)CC1.CC1=CCC(C)CC1.CC1C=CC(C)CC1.CC1CCC(C)CC1.Cc1cc(F)c(C)c(F)c1.Cc1ccc(C)c(F)c1.Cc1ccc(C)c(F)c1.Cc1ccc(C)c(F)c1F.Cc1ccc(C)cc1.[HH]. The van der Waals surface area contributed by atoms with Gasteiger partial charge >= 0.3 is 0 Å². The molecule has 4 unspecified atom stereocenters. The van der Waals surface area contributed by atoms with Gasteiger partial charge < -0.3 is 0 Å². The Morgan fingerprint density at radius 3 is 0.863 bits per heavy atom. The molecule has 0 bridgehead atoms. The fourth-order valence-electron chi connectivity index (χ4n) is 8.26. The van der Waals surface area contributed by atoms with Crippen LogP contribution >= 0.6 is 0 Å². The monoisotopic (exact) mass is 1110 g/mol. The van der Waals surface area contributed by atoms with E-state index in [1.165, 1.54) is 133 Å². The van der Waals surface area contributed by atoms with Crippen LogP contribution in [-0.2, 0) is 0 Å². The number of rotatable bonds is 0. The highest BCUT2D eigenvalue weighted by atomic mass is 19.2. The van der Waals surface area contributed by atoms with Crippen molar-refractivity contribution >= 4 is 0 Å². The van der Waals surface area contributed by atoms with Crippen LogP contribution in [0.15, 0.2) is 120 Å². The minimum Gasteiger partial charge on any atom is -0.207 e. The number of hydrogen-bond acceptors (Lipinski definition) is 0. The van der Waals surface area contributed by atoms with E-state index in [1.807, 2.05) is 26.0 Å². The highest BCUT2D eigenvalue weighted by Crippen LogP contribution is 2.27. The van der Waals surface area contributed by atoms with Gasteiger partial charge in [0.15, 0.2) is 11.6 Å². The van der Waals surface area contributed by atoms with E-state index in [9.17, 15) is 26.3 Å². The summed E-state index contributed by atoms with van der Waals surface area (Å²) in [5.74, 6) is 2.95. The van der Waals surface area contributed by atoms with Crippen LogP contribution in [0.1, 0.15) is 204 Å². The minimum atomic E-state index is -0.736. The van der Waals surface area contributed by atoms with E-state index >= 15 is 0 Å². The summed E-state index contributed by atoms with van der Waals surface area (Å²) in [5, 5.41) is 0. The van der Waals surface area contributed by atoms with Crippen LogP contribution in [0.2, 0.25) is 0 Å². The van der Waals surface area contributed by atoms with Gasteiger partial charge in [0.25, 0.3) is 0 Å². The Kier molecular flexibility index (Phi) is 40.2. The first-order valence-electron chi connectivity index (χ1n) is 28.9. The van der Waals surface area contributed by atoms with Crippen LogP contribution in [0.4, 0.5) is 26.3 Å². The first-order valence-corrected chi connectivity index (χ1v) is 28.9. The minimum absolute atomic E-state index is 0. The molecule has 0 heterocycles. The van der Waals surface area contributed by atoms with Crippen molar-refractivity contribution in [3.8, 4) is 0 Å². The average molecular weight is 1120 g/mol. The first-order chi connectivity index (χ1) is 36.6. The zero-order chi connectivity index (χ0) is 59.1. The van der Waals surface area contributed by atoms with Gasteiger partial charge in [-0.05, 0) is 233 Å². The summed E-state index contributed by atoms with van der Waals surface area (Å²) >= 11 is 0. The van der Waals surface area contributed by atoms with E-state index in [0.29, 0.717) is 27.8 Å². The third-order valence-corrected chi connectivity index (χ3v) is 14.7. The smallest absolute Gasteiger partial charge is 0.161 e. The zero-order valence-electron chi connectivity index (χ0n) is 51.6. The number of halogens is 6. The molecule has 4 aliphatic carbocycles. The van der Waals surface area contributed by atoms with Gasteiger partial charge in [-0.2, -0.15) is 0 Å². The summed E-state index contributed by atoms with van der Waals surface area (Å²) in [6.45, 7) is 36.0. The van der Waals surface area contributed by atoms with Crippen LogP contribution in [0.25, 0.3) is 0 Å². The fourth-order valence-corrected chi connectivity index (χ4v) is 8.26. The Hall–Kier alpha value is -5.10. The van der Waals surface area contributed by atoms with E-state index in [4.69, 9.17) is 0 Å². The highest BCUT2D eigenvalue weighted by Gasteiger charge is 2.13. The molecule has 1 fully saturated rings. The molecule has 5 aromatic carbocycles. The molecule has 0 amide bonds. The van der Waals surface area contributed by atoms with Crippen molar-refractivity contribution in [3.63, 3.8) is 0 Å². The van der Waals surface area contributed by atoms with Crippen LogP contribution < -0.4 is 0 Å². The molecule has 4 aliphatic rings. The normalized spacial score (nSPS) is 19.3. The molecular formula is C74H112F6. The van der Waals surface area contributed by atoms with Crippen molar-refractivity contribution in [1.82, 2.24) is 0 Å². The third-order valence-electron chi connectivity index (χ3n) is 14.7. The lowest BCUT2D eigenvalue weighted by atomic mass is 9.84. The summed E-state index contributed by atoms with van der Waals surface area (Å²) in [5.41, 5.74) is 10.6. The Bertz CT molecular complexity index is 2390. The van der Waals surface area contributed by atoms with E-state index in [2.05, 4.69) is 118 Å². The number of allylic oxidation sites excluding steroid dienone is 6. The van der Waals surface area contributed by atoms with Gasteiger partial charge in [0.1, 0.15) is 23.3 Å². The largest absolute Gasteiger partial charge is 0.207 e. The molecule has 9 rings (SSSR count). The molecule has 450 valence electrons. The third kappa shape index (κ3) is 34.9. The lowest BCUT2D eigenvalue weighted by Gasteiger charge is -2.22. The van der Waals surface area contributed by atoms with Crippen molar-refractivity contribution in [2.75, 3.05) is 0 Å². The maximum atomic E-state index is 12.6. The van der Waals surface area contributed by atoms with E-state index in [1.54, 1.807) is 56.2 Å². The molecule has 0 spiro atoms. The second-order valence-corrected chi connectivity index (χ2v) is 23.5. The Labute approximate surface area is 488 Å². The maximum absolute atomic E-state index is 12.6. The van der Waals surface area contributed by atoms with Crippen molar-refractivity contribution in [3.05, 3.63) is 211 Å². The fraction of sp³-hybridized carbons (Fsp3) is 0.514. The Morgan fingerprint density at radius 2 is 0.613 bits per heavy atom. The van der Waals surface area contributed by atoms with E-state index in [0.717, 1.165) is 46.6 Å². The first kappa shape index (κ1) is 77.0. The van der Waals surface area contributed by atoms with Crippen LogP contribution in [-0.4, -0.2) is 0 Å². The van der Waals surface area contributed by atoms with Gasteiger partial charge in [-0.1, -0.05) is 189 Å². The topological polar surface area (TPSA) is 0 Å². The van der Waals surface area contributed by atoms with Gasteiger partial charge in [-0.3, -0.25) is 0 Å². The van der Waals surface area contributed by atoms with Gasteiger partial charge in [0.2, 0.25) is 0 Å². The summed E-state index contributed by atoms with van der Waals surface area (Å²) in [4.78, 5) is 0. The van der Waals surface area contributed by atoms with E-state index in [-0.39, 0.29) is 33.5 Å². The van der Waals surface area contributed by atoms with Crippen LogP contribution in [0.3, 0.4) is 0 Å². The molecule has 1 saturated carbocycles. The summed E-state index contributed by atoms with van der Waals surface area (Å²) < 4.78 is 75.6. The number of benzene rings is 5. The Balaban J connectivity index is -0.000000842. The quantitative estimate of drug-likeness (QED) is 0.107. The van der Waals surface area contributed by atoms with Crippen molar-refractivity contribution < 1.29 is 27.8 Å². The van der Waals surface area contributed by atoms with Gasteiger partial charge in [-0.25, -0.2) is 26.3 Å².